The Bertz CT molecular complexity index is 345. The summed E-state index contributed by atoms with van der Waals surface area (Å²) in [4.78, 5) is 4.08. The van der Waals surface area contributed by atoms with Gasteiger partial charge in [0.2, 0.25) is 0 Å². The molecular formula is C11H14BrNO2S. The van der Waals surface area contributed by atoms with Gasteiger partial charge in [0.05, 0.1) is 18.8 Å². The van der Waals surface area contributed by atoms with Crippen LogP contribution in [-0.2, 0) is 11.2 Å². The van der Waals surface area contributed by atoms with Crippen molar-refractivity contribution in [3.05, 3.63) is 28.5 Å². The highest BCUT2D eigenvalue weighted by Gasteiger charge is 2.23. The second kappa shape index (κ2) is 6.00. The Kier molecular flexibility index (Phi) is 4.64. The van der Waals surface area contributed by atoms with Gasteiger partial charge in [-0.3, -0.25) is 4.98 Å². The van der Waals surface area contributed by atoms with Crippen LogP contribution < -0.4 is 0 Å². The average molecular weight is 304 g/mol. The average Bonchev–Trinajstić information content (AvgIpc) is 2.30. The molecule has 5 heteroatoms. The van der Waals surface area contributed by atoms with Gasteiger partial charge in [-0.25, -0.2) is 0 Å². The van der Waals surface area contributed by atoms with Crippen molar-refractivity contribution in [1.82, 2.24) is 4.98 Å². The summed E-state index contributed by atoms with van der Waals surface area (Å²) in [5, 5.41) is 10.0. The molecule has 2 rings (SSSR count). The van der Waals surface area contributed by atoms with E-state index in [2.05, 4.69) is 20.9 Å². The van der Waals surface area contributed by atoms with Crippen molar-refractivity contribution in [3.63, 3.8) is 0 Å². The van der Waals surface area contributed by atoms with Gasteiger partial charge in [0.15, 0.2) is 0 Å². The van der Waals surface area contributed by atoms with Crippen LogP contribution in [0.3, 0.4) is 0 Å². The zero-order valence-corrected chi connectivity index (χ0v) is 11.2. The number of aliphatic hydroxyl groups excluding tert-OH is 1. The second-order valence-electron chi connectivity index (χ2n) is 3.77. The number of thioether (sulfide) groups is 1. The molecule has 1 saturated heterocycles. The smallest absolute Gasteiger partial charge is 0.0927 e. The van der Waals surface area contributed by atoms with E-state index in [1.54, 1.807) is 12.4 Å². The van der Waals surface area contributed by atoms with E-state index in [1.165, 1.54) is 0 Å². The Morgan fingerprint density at radius 2 is 2.50 bits per heavy atom. The molecule has 0 saturated carbocycles. The largest absolute Gasteiger partial charge is 0.390 e. The van der Waals surface area contributed by atoms with Gasteiger partial charge >= 0.3 is 0 Å². The Labute approximate surface area is 108 Å². The van der Waals surface area contributed by atoms with Crippen LogP contribution in [0, 0.1) is 0 Å². The predicted octanol–water partition coefficient (Wildman–Crippen LogP) is 1.88. The molecule has 0 spiro atoms. The number of aliphatic hydroxyl groups is 1. The summed E-state index contributed by atoms with van der Waals surface area (Å²) in [5.41, 5.74) is 1.03. The monoisotopic (exact) mass is 303 g/mol. The van der Waals surface area contributed by atoms with E-state index >= 15 is 0 Å². The van der Waals surface area contributed by atoms with E-state index in [0.717, 1.165) is 28.1 Å². The van der Waals surface area contributed by atoms with Gasteiger partial charge in [0.1, 0.15) is 0 Å². The number of nitrogens with zero attached hydrogens (tertiary/aromatic N) is 1. The molecule has 1 aromatic rings. The number of ether oxygens (including phenoxy) is 1. The maximum absolute atomic E-state index is 10.0. The fraction of sp³-hybridized carbons (Fsp3) is 0.545. The van der Waals surface area contributed by atoms with Gasteiger partial charge in [0.25, 0.3) is 0 Å². The number of hydrogen-bond donors (Lipinski definition) is 1. The normalized spacial score (nSPS) is 23.0. The molecule has 2 unspecified atom stereocenters. The van der Waals surface area contributed by atoms with Crippen LogP contribution in [0.25, 0.3) is 0 Å². The van der Waals surface area contributed by atoms with E-state index in [9.17, 15) is 5.11 Å². The first-order chi connectivity index (χ1) is 7.75. The first-order valence-corrected chi connectivity index (χ1v) is 7.17. The topological polar surface area (TPSA) is 42.4 Å². The molecule has 1 fully saturated rings. The third-order valence-corrected chi connectivity index (χ3v) is 3.93. The molecule has 0 aliphatic carbocycles. The molecule has 88 valence electrons. The summed E-state index contributed by atoms with van der Waals surface area (Å²) in [6.45, 7) is 0.739. The Morgan fingerprint density at radius 3 is 3.19 bits per heavy atom. The highest BCUT2D eigenvalue weighted by molar-refractivity contribution is 9.10. The van der Waals surface area contributed by atoms with Crippen molar-refractivity contribution in [3.8, 4) is 0 Å². The minimum absolute atomic E-state index is 0.0438. The number of aromatic nitrogens is 1. The van der Waals surface area contributed by atoms with Gasteiger partial charge < -0.3 is 9.84 Å². The lowest BCUT2D eigenvalue weighted by Crippen LogP contribution is -2.36. The standard InChI is InChI=1S/C11H14BrNO2S/c12-9-3-8(5-13-6-9)4-10(14)11-7-16-2-1-15-11/h3,5-6,10-11,14H,1-2,4,7H2. The van der Waals surface area contributed by atoms with Crippen LogP contribution in [-0.4, -0.2) is 40.4 Å². The first kappa shape index (κ1) is 12.4. The second-order valence-corrected chi connectivity index (χ2v) is 5.83. The van der Waals surface area contributed by atoms with Crippen LogP contribution in [0.5, 0.6) is 0 Å². The van der Waals surface area contributed by atoms with Crippen LogP contribution >= 0.6 is 27.7 Å². The zero-order chi connectivity index (χ0) is 11.4. The Hall–Kier alpha value is -0.100. The molecule has 0 amide bonds. The van der Waals surface area contributed by atoms with Crippen LogP contribution in [0.2, 0.25) is 0 Å². The van der Waals surface area contributed by atoms with Crippen molar-refractivity contribution in [1.29, 1.82) is 0 Å². The lowest BCUT2D eigenvalue weighted by atomic mass is 10.1. The molecule has 1 aromatic heterocycles. The Balaban J connectivity index is 1.93. The zero-order valence-electron chi connectivity index (χ0n) is 8.80. The minimum Gasteiger partial charge on any atom is -0.390 e. The lowest BCUT2D eigenvalue weighted by molar-refractivity contribution is -0.0208. The van der Waals surface area contributed by atoms with Crippen molar-refractivity contribution in [2.45, 2.75) is 18.6 Å². The molecule has 1 aliphatic rings. The summed E-state index contributed by atoms with van der Waals surface area (Å²) in [5.74, 6) is 1.91. The van der Waals surface area contributed by atoms with Crippen molar-refractivity contribution in [2.24, 2.45) is 0 Å². The van der Waals surface area contributed by atoms with Gasteiger partial charge in [0, 0.05) is 34.8 Å². The van der Waals surface area contributed by atoms with Crippen LogP contribution in [0.1, 0.15) is 5.56 Å². The van der Waals surface area contributed by atoms with E-state index < -0.39 is 6.10 Å². The number of pyridine rings is 1. The molecule has 0 aromatic carbocycles. The quantitative estimate of drug-likeness (QED) is 0.926. The fourth-order valence-electron chi connectivity index (χ4n) is 1.67. The highest BCUT2D eigenvalue weighted by atomic mass is 79.9. The molecule has 0 bridgehead atoms. The summed E-state index contributed by atoms with van der Waals surface area (Å²) in [6, 6.07) is 1.98. The number of hydrogen-bond acceptors (Lipinski definition) is 4. The molecule has 1 N–H and O–H groups in total. The maximum atomic E-state index is 10.0. The van der Waals surface area contributed by atoms with E-state index in [0.29, 0.717) is 6.42 Å². The van der Waals surface area contributed by atoms with E-state index in [-0.39, 0.29) is 6.10 Å². The molecule has 2 heterocycles. The lowest BCUT2D eigenvalue weighted by Gasteiger charge is -2.26. The first-order valence-electron chi connectivity index (χ1n) is 5.22. The van der Waals surface area contributed by atoms with Crippen molar-refractivity contribution < 1.29 is 9.84 Å². The van der Waals surface area contributed by atoms with Crippen molar-refractivity contribution >= 4 is 27.7 Å². The molecule has 0 radical (unpaired) electrons. The molecule has 16 heavy (non-hydrogen) atoms. The van der Waals surface area contributed by atoms with Gasteiger partial charge in [-0.05, 0) is 27.6 Å². The molecular weight excluding hydrogens is 290 g/mol. The summed E-state index contributed by atoms with van der Waals surface area (Å²) >= 11 is 5.20. The van der Waals surface area contributed by atoms with Gasteiger partial charge in [-0.1, -0.05) is 0 Å². The van der Waals surface area contributed by atoms with Crippen molar-refractivity contribution in [2.75, 3.05) is 18.1 Å². The maximum Gasteiger partial charge on any atom is 0.0927 e. The fourth-order valence-corrected chi connectivity index (χ4v) is 3.01. The summed E-state index contributed by atoms with van der Waals surface area (Å²) in [6.07, 6.45) is 3.63. The summed E-state index contributed by atoms with van der Waals surface area (Å²) in [7, 11) is 0. The SMILES string of the molecule is OC(Cc1cncc(Br)c1)C1CSCCO1. The van der Waals surface area contributed by atoms with E-state index in [1.807, 2.05) is 17.8 Å². The third kappa shape index (κ3) is 3.45. The number of halogens is 1. The Morgan fingerprint density at radius 1 is 1.62 bits per heavy atom. The van der Waals surface area contributed by atoms with Gasteiger partial charge in [-0.2, -0.15) is 11.8 Å². The molecule has 1 aliphatic heterocycles. The molecule has 3 nitrogen and oxygen atoms in total. The molecule has 2 atom stereocenters. The van der Waals surface area contributed by atoms with Crippen LogP contribution in [0.15, 0.2) is 22.9 Å². The number of rotatable bonds is 3. The van der Waals surface area contributed by atoms with Crippen LogP contribution in [0.4, 0.5) is 0 Å². The minimum atomic E-state index is -0.441. The van der Waals surface area contributed by atoms with E-state index in [4.69, 9.17) is 4.74 Å². The summed E-state index contributed by atoms with van der Waals surface area (Å²) < 4.78 is 6.48. The highest BCUT2D eigenvalue weighted by Crippen LogP contribution is 2.18. The van der Waals surface area contributed by atoms with Gasteiger partial charge in [-0.15, -0.1) is 0 Å². The third-order valence-electron chi connectivity index (χ3n) is 2.48. The predicted molar refractivity (Wildman–Crippen MR) is 68.7 cm³/mol.